The van der Waals surface area contributed by atoms with Crippen LogP contribution in [0.1, 0.15) is 44.8 Å². The number of nitrogens with zero attached hydrogens (tertiary/aromatic N) is 2. The summed E-state index contributed by atoms with van der Waals surface area (Å²) >= 11 is 0. The molecule has 1 rings (SSSR count). The van der Waals surface area contributed by atoms with Gasteiger partial charge in [-0.15, -0.1) is 0 Å². The first-order valence-electron chi connectivity index (χ1n) is 5.17. The minimum Gasteiger partial charge on any atom is -0.339 e. The summed E-state index contributed by atoms with van der Waals surface area (Å²) in [6.45, 7) is 6.26. The molecule has 1 aromatic heterocycles. The lowest BCUT2D eigenvalue weighted by molar-refractivity contribution is 0.353. The molecule has 0 fully saturated rings. The maximum atomic E-state index is 5.16. The summed E-state index contributed by atoms with van der Waals surface area (Å²) in [6, 6.07) is 0.426. The zero-order valence-corrected chi connectivity index (χ0v) is 9.37. The first kappa shape index (κ1) is 11.2. The Kier molecular flexibility index (Phi) is 4.07. The van der Waals surface area contributed by atoms with Crippen LogP contribution in [0, 0.1) is 0 Å². The fourth-order valence-electron chi connectivity index (χ4n) is 1.25. The van der Waals surface area contributed by atoms with Crippen molar-refractivity contribution in [2.75, 3.05) is 7.05 Å². The Labute approximate surface area is 85.1 Å². The molecule has 0 aliphatic rings. The first-order chi connectivity index (χ1) is 6.67. The monoisotopic (exact) mass is 197 g/mol. The van der Waals surface area contributed by atoms with Crippen molar-refractivity contribution >= 4 is 0 Å². The van der Waals surface area contributed by atoms with Crippen molar-refractivity contribution in [1.29, 1.82) is 0 Å². The van der Waals surface area contributed by atoms with Crippen LogP contribution >= 0.6 is 0 Å². The number of hydrogen-bond donors (Lipinski definition) is 1. The van der Waals surface area contributed by atoms with Crippen molar-refractivity contribution in [3.8, 4) is 0 Å². The van der Waals surface area contributed by atoms with Gasteiger partial charge in [-0.05, 0) is 13.5 Å². The van der Waals surface area contributed by atoms with Crippen LogP contribution in [0.15, 0.2) is 4.52 Å². The highest BCUT2D eigenvalue weighted by molar-refractivity contribution is 4.93. The van der Waals surface area contributed by atoms with Gasteiger partial charge >= 0.3 is 0 Å². The van der Waals surface area contributed by atoms with E-state index in [1.54, 1.807) is 0 Å². The van der Waals surface area contributed by atoms with Gasteiger partial charge in [-0.1, -0.05) is 25.9 Å². The standard InChI is InChI=1S/C10H19N3O/c1-5-8(11-4)6-9-12-10(7(2)3)13-14-9/h7-8,11H,5-6H2,1-4H3. The van der Waals surface area contributed by atoms with Crippen molar-refractivity contribution in [1.82, 2.24) is 15.5 Å². The minimum absolute atomic E-state index is 0.335. The van der Waals surface area contributed by atoms with Gasteiger partial charge in [-0.3, -0.25) is 0 Å². The molecule has 0 amide bonds. The molecule has 4 heteroatoms. The highest BCUT2D eigenvalue weighted by atomic mass is 16.5. The molecular formula is C10H19N3O. The first-order valence-corrected chi connectivity index (χ1v) is 5.17. The molecule has 1 aromatic rings. The van der Waals surface area contributed by atoms with E-state index in [0.29, 0.717) is 12.0 Å². The molecule has 0 spiro atoms. The van der Waals surface area contributed by atoms with E-state index in [1.807, 2.05) is 7.05 Å². The average molecular weight is 197 g/mol. The molecule has 0 aliphatic heterocycles. The maximum absolute atomic E-state index is 5.16. The topological polar surface area (TPSA) is 51.0 Å². The van der Waals surface area contributed by atoms with Gasteiger partial charge in [0, 0.05) is 18.4 Å². The summed E-state index contributed by atoms with van der Waals surface area (Å²) in [7, 11) is 1.95. The molecule has 1 atom stereocenters. The zero-order chi connectivity index (χ0) is 10.6. The Bertz CT molecular complexity index is 266. The Balaban J connectivity index is 2.58. The molecular weight excluding hydrogens is 178 g/mol. The molecule has 0 bridgehead atoms. The van der Waals surface area contributed by atoms with E-state index in [2.05, 4.69) is 36.2 Å². The third kappa shape index (κ3) is 2.80. The Morgan fingerprint density at radius 1 is 1.43 bits per heavy atom. The van der Waals surface area contributed by atoms with Gasteiger partial charge in [0.25, 0.3) is 0 Å². The predicted octanol–water partition coefficient (Wildman–Crippen LogP) is 1.73. The van der Waals surface area contributed by atoms with Gasteiger partial charge in [0.15, 0.2) is 5.82 Å². The van der Waals surface area contributed by atoms with Gasteiger partial charge in [0.1, 0.15) is 0 Å². The van der Waals surface area contributed by atoms with E-state index in [9.17, 15) is 0 Å². The SMILES string of the molecule is CCC(Cc1nc(C(C)C)no1)NC. The van der Waals surface area contributed by atoms with Gasteiger partial charge in [-0.2, -0.15) is 4.98 Å². The van der Waals surface area contributed by atoms with Crippen molar-refractivity contribution in [3.05, 3.63) is 11.7 Å². The summed E-state index contributed by atoms with van der Waals surface area (Å²) in [6.07, 6.45) is 1.88. The highest BCUT2D eigenvalue weighted by Gasteiger charge is 2.12. The fraction of sp³-hybridized carbons (Fsp3) is 0.800. The molecule has 0 aromatic carbocycles. The lowest BCUT2D eigenvalue weighted by Crippen LogP contribution is -2.26. The molecule has 14 heavy (non-hydrogen) atoms. The summed E-state index contributed by atoms with van der Waals surface area (Å²) < 4.78 is 5.16. The second-order valence-electron chi connectivity index (χ2n) is 3.80. The largest absolute Gasteiger partial charge is 0.339 e. The van der Waals surface area contributed by atoms with Crippen molar-refractivity contribution in [3.63, 3.8) is 0 Å². The van der Waals surface area contributed by atoms with Crippen LogP contribution in [-0.4, -0.2) is 23.2 Å². The van der Waals surface area contributed by atoms with Crippen molar-refractivity contribution in [2.24, 2.45) is 0 Å². The number of aromatic nitrogens is 2. The van der Waals surface area contributed by atoms with E-state index >= 15 is 0 Å². The molecule has 1 heterocycles. The van der Waals surface area contributed by atoms with E-state index < -0.39 is 0 Å². The van der Waals surface area contributed by atoms with Gasteiger partial charge < -0.3 is 9.84 Å². The molecule has 1 unspecified atom stereocenters. The Morgan fingerprint density at radius 2 is 2.14 bits per heavy atom. The Hall–Kier alpha value is -0.900. The van der Waals surface area contributed by atoms with Crippen LogP contribution in [0.4, 0.5) is 0 Å². The second kappa shape index (κ2) is 5.10. The lowest BCUT2D eigenvalue weighted by Gasteiger charge is -2.09. The van der Waals surface area contributed by atoms with Gasteiger partial charge in [0.2, 0.25) is 5.89 Å². The normalized spacial score (nSPS) is 13.5. The van der Waals surface area contributed by atoms with Crippen LogP contribution in [0.3, 0.4) is 0 Å². The lowest BCUT2D eigenvalue weighted by atomic mass is 10.1. The molecule has 4 nitrogen and oxygen atoms in total. The van der Waals surface area contributed by atoms with Crippen molar-refractivity contribution < 1.29 is 4.52 Å². The summed E-state index contributed by atoms with van der Waals surface area (Å²) in [5, 5.41) is 7.13. The average Bonchev–Trinajstić information content (AvgIpc) is 2.62. The number of hydrogen-bond acceptors (Lipinski definition) is 4. The zero-order valence-electron chi connectivity index (χ0n) is 9.37. The van der Waals surface area contributed by atoms with Crippen LogP contribution in [0.2, 0.25) is 0 Å². The quantitative estimate of drug-likeness (QED) is 0.781. The maximum Gasteiger partial charge on any atom is 0.228 e. The second-order valence-corrected chi connectivity index (χ2v) is 3.80. The Morgan fingerprint density at radius 3 is 2.57 bits per heavy atom. The summed E-state index contributed by atoms with van der Waals surface area (Å²) in [5.74, 6) is 1.86. The van der Waals surface area contributed by atoms with Crippen LogP contribution < -0.4 is 5.32 Å². The van der Waals surface area contributed by atoms with Gasteiger partial charge in [-0.25, -0.2) is 0 Å². The van der Waals surface area contributed by atoms with E-state index in [4.69, 9.17) is 4.52 Å². The van der Waals surface area contributed by atoms with Gasteiger partial charge in [0.05, 0.1) is 0 Å². The van der Waals surface area contributed by atoms with Crippen LogP contribution in [0.5, 0.6) is 0 Å². The number of rotatable bonds is 5. The molecule has 80 valence electrons. The molecule has 1 N–H and O–H groups in total. The number of nitrogens with one attached hydrogen (secondary N) is 1. The van der Waals surface area contributed by atoms with Crippen LogP contribution in [0.25, 0.3) is 0 Å². The van der Waals surface area contributed by atoms with Crippen molar-refractivity contribution in [2.45, 2.75) is 45.6 Å². The smallest absolute Gasteiger partial charge is 0.228 e. The van der Waals surface area contributed by atoms with Crippen LogP contribution in [-0.2, 0) is 6.42 Å². The molecule has 0 saturated carbocycles. The fourth-order valence-corrected chi connectivity index (χ4v) is 1.25. The summed E-state index contributed by atoms with van der Waals surface area (Å²) in [4.78, 5) is 4.33. The highest BCUT2D eigenvalue weighted by Crippen LogP contribution is 2.11. The number of likely N-dealkylation sites (N-methyl/N-ethyl adjacent to an activating group) is 1. The third-order valence-corrected chi connectivity index (χ3v) is 2.32. The third-order valence-electron chi connectivity index (χ3n) is 2.32. The van der Waals surface area contributed by atoms with E-state index in [1.165, 1.54) is 0 Å². The molecule has 0 saturated heterocycles. The molecule has 0 aliphatic carbocycles. The predicted molar refractivity (Wildman–Crippen MR) is 55.2 cm³/mol. The minimum atomic E-state index is 0.335. The van der Waals surface area contributed by atoms with E-state index in [-0.39, 0.29) is 0 Å². The molecule has 0 radical (unpaired) electrons. The summed E-state index contributed by atoms with van der Waals surface area (Å²) in [5.41, 5.74) is 0. The van der Waals surface area contributed by atoms with E-state index in [0.717, 1.165) is 24.6 Å².